The zero-order valence-electron chi connectivity index (χ0n) is 16.5. The van der Waals surface area contributed by atoms with E-state index in [0.717, 1.165) is 18.8 Å². The van der Waals surface area contributed by atoms with E-state index < -0.39 is 5.54 Å². The van der Waals surface area contributed by atoms with Crippen LogP contribution in [0.5, 0.6) is 0 Å². The number of esters is 1. The fourth-order valence-electron chi connectivity index (χ4n) is 3.82. The molecule has 0 saturated carbocycles. The molecule has 0 atom stereocenters. The van der Waals surface area contributed by atoms with Crippen molar-refractivity contribution in [3.05, 3.63) is 42.7 Å². The lowest BCUT2D eigenvalue weighted by Gasteiger charge is -2.46. The van der Waals surface area contributed by atoms with Crippen LogP contribution in [-0.4, -0.2) is 64.1 Å². The standard InChI is InChI=1S/C20H27N5O3/c1-3-18(26)25(17-7-5-4-6-8-17)20(19(27)28-2)9-12-23(13-10-20)15-16-24-14-11-21-22-24/h4-8,11,14H,3,9-10,12-13,15-16H2,1-2H3. The third-order valence-electron chi connectivity index (χ3n) is 5.36. The quantitative estimate of drug-likeness (QED) is 0.675. The number of anilines is 1. The predicted octanol–water partition coefficient (Wildman–Crippen LogP) is 1.73. The van der Waals surface area contributed by atoms with Crippen molar-refractivity contribution in [1.29, 1.82) is 0 Å². The third kappa shape index (κ3) is 4.06. The average molecular weight is 385 g/mol. The highest BCUT2D eigenvalue weighted by molar-refractivity contribution is 6.02. The Labute approximate surface area is 165 Å². The molecule has 0 aliphatic carbocycles. The highest BCUT2D eigenvalue weighted by Gasteiger charge is 2.49. The van der Waals surface area contributed by atoms with Gasteiger partial charge in [-0.3, -0.25) is 14.4 Å². The number of rotatable bonds is 7. The second kappa shape index (κ2) is 8.97. The number of aromatic nitrogens is 3. The highest BCUT2D eigenvalue weighted by Crippen LogP contribution is 2.35. The van der Waals surface area contributed by atoms with E-state index in [1.54, 1.807) is 15.8 Å². The monoisotopic (exact) mass is 385 g/mol. The highest BCUT2D eigenvalue weighted by atomic mass is 16.5. The van der Waals surface area contributed by atoms with Gasteiger partial charge in [-0.1, -0.05) is 30.3 Å². The summed E-state index contributed by atoms with van der Waals surface area (Å²) in [6.45, 7) is 4.76. The summed E-state index contributed by atoms with van der Waals surface area (Å²) in [6, 6.07) is 9.40. The second-order valence-electron chi connectivity index (χ2n) is 6.95. The fraction of sp³-hybridized carbons (Fsp3) is 0.500. The van der Waals surface area contributed by atoms with Crippen molar-refractivity contribution in [3.8, 4) is 0 Å². The van der Waals surface area contributed by atoms with Gasteiger partial charge in [-0.05, 0) is 25.0 Å². The topological polar surface area (TPSA) is 80.6 Å². The zero-order valence-corrected chi connectivity index (χ0v) is 16.5. The van der Waals surface area contributed by atoms with Crippen molar-refractivity contribution < 1.29 is 14.3 Å². The molecule has 150 valence electrons. The first kappa shape index (κ1) is 20.0. The van der Waals surface area contributed by atoms with Crippen molar-refractivity contribution in [2.24, 2.45) is 0 Å². The number of hydrogen-bond donors (Lipinski definition) is 0. The number of benzene rings is 1. The molecule has 1 aromatic carbocycles. The van der Waals surface area contributed by atoms with E-state index in [1.165, 1.54) is 7.11 Å². The minimum Gasteiger partial charge on any atom is -0.467 e. The molecular weight excluding hydrogens is 358 g/mol. The van der Waals surface area contributed by atoms with Gasteiger partial charge in [0.25, 0.3) is 0 Å². The number of ether oxygens (including phenoxy) is 1. The molecule has 1 aliphatic rings. The fourth-order valence-corrected chi connectivity index (χ4v) is 3.82. The second-order valence-corrected chi connectivity index (χ2v) is 6.95. The first-order chi connectivity index (χ1) is 13.6. The molecule has 0 radical (unpaired) electrons. The summed E-state index contributed by atoms with van der Waals surface area (Å²) < 4.78 is 6.96. The normalized spacial score (nSPS) is 16.5. The van der Waals surface area contributed by atoms with Crippen LogP contribution < -0.4 is 4.90 Å². The van der Waals surface area contributed by atoms with E-state index in [-0.39, 0.29) is 11.9 Å². The van der Waals surface area contributed by atoms with Crippen molar-refractivity contribution in [2.45, 2.75) is 38.3 Å². The third-order valence-corrected chi connectivity index (χ3v) is 5.36. The average Bonchev–Trinajstić information content (AvgIpc) is 3.27. The van der Waals surface area contributed by atoms with Crippen molar-refractivity contribution in [1.82, 2.24) is 19.9 Å². The molecule has 0 bridgehead atoms. The number of carbonyl (C=O) groups excluding carboxylic acids is 2. The Morgan fingerprint density at radius 2 is 1.89 bits per heavy atom. The first-order valence-corrected chi connectivity index (χ1v) is 9.63. The maximum atomic E-state index is 12.9. The molecule has 28 heavy (non-hydrogen) atoms. The smallest absolute Gasteiger partial charge is 0.332 e. The number of piperidine rings is 1. The molecule has 2 aromatic rings. The van der Waals surface area contributed by atoms with Gasteiger partial charge >= 0.3 is 5.97 Å². The minimum atomic E-state index is -0.979. The Hall–Kier alpha value is -2.74. The number of hydrogen-bond acceptors (Lipinski definition) is 6. The van der Waals surface area contributed by atoms with E-state index in [2.05, 4.69) is 15.2 Å². The maximum Gasteiger partial charge on any atom is 0.332 e. The molecule has 8 heteroatoms. The summed E-state index contributed by atoms with van der Waals surface area (Å²) in [4.78, 5) is 29.7. The molecule has 3 rings (SSSR count). The molecule has 1 aromatic heterocycles. The number of carbonyl (C=O) groups is 2. The molecule has 0 N–H and O–H groups in total. The molecule has 1 fully saturated rings. The molecule has 1 amide bonds. The van der Waals surface area contributed by atoms with Gasteiger partial charge in [-0.25, -0.2) is 4.79 Å². The Bertz CT molecular complexity index is 770. The van der Waals surface area contributed by atoms with Gasteiger partial charge in [0.2, 0.25) is 5.91 Å². The van der Waals surface area contributed by atoms with E-state index in [9.17, 15) is 9.59 Å². The summed E-state index contributed by atoms with van der Waals surface area (Å²) in [5.74, 6) is -0.429. The number of para-hydroxylation sites is 1. The van der Waals surface area contributed by atoms with Crippen LogP contribution in [0.15, 0.2) is 42.7 Å². The van der Waals surface area contributed by atoms with Crippen molar-refractivity contribution in [2.75, 3.05) is 31.6 Å². The van der Waals surface area contributed by atoms with Gasteiger partial charge < -0.3 is 9.64 Å². The first-order valence-electron chi connectivity index (χ1n) is 9.63. The number of methoxy groups -OCH3 is 1. The lowest BCUT2D eigenvalue weighted by Crippen LogP contribution is -2.62. The van der Waals surface area contributed by atoms with Crippen LogP contribution in [-0.2, 0) is 20.9 Å². The predicted molar refractivity (Wildman–Crippen MR) is 105 cm³/mol. The molecular formula is C20H27N5O3. The Morgan fingerprint density at radius 3 is 2.46 bits per heavy atom. The van der Waals surface area contributed by atoms with Crippen LogP contribution in [0.1, 0.15) is 26.2 Å². The van der Waals surface area contributed by atoms with E-state index in [0.29, 0.717) is 32.4 Å². The molecule has 0 spiro atoms. The van der Waals surface area contributed by atoms with Crippen LogP contribution in [0.25, 0.3) is 0 Å². The van der Waals surface area contributed by atoms with Crippen LogP contribution in [0.4, 0.5) is 5.69 Å². The van der Waals surface area contributed by atoms with Gasteiger partial charge in [-0.2, -0.15) is 0 Å². The summed E-state index contributed by atoms with van der Waals surface area (Å²) in [7, 11) is 1.39. The van der Waals surface area contributed by atoms with Crippen LogP contribution in [0, 0.1) is 0 Å². The van der Waals surface area contributed by atoms with Crippen LogP contribution >= 0.6 is 0 Å². The number of likely N-dealkylation sites (tertiary alicyclic amines) is 1. The summed E-state index contributed by atoms with van der Waals surface area (Å²) in [6.07, 6.45) is 4.87. The minimum absolute atomic E-state index is 0.0762. The van der Waals surface area contributed by atoms with Gasteiger partial charge in [-0.15, -0.1) is 5.10 Å². The van der Waals surface area contributed by atoms with Crippen molar-refractivity contribution in [3.63, 3.8) is 0 Å². The Balaban J connectivity index is 1.80. The molecule has 0 unspecified atom stereocenters. The molecule has 8 nitrogen and oxygen atoms in total. The van der Waals surface area contributed by atoms with Crippen molar-refractivity contribution >= 4 is 17.6 Å². The molecule has 2 heterocycles. The Morgan fingerprint density at radius 1 is 1.18 bits per heavy atom. The number of nitrogens with zero attached hydrogens (tertiary/aromatic N) is 5. The van der Waals surface area contributed by atoms with E-state index in [1.807, 2.05) is 43.5 Å². The van der Waals surface area contributed by atoms with Gasteiger partial charge in [0.1, 0.15) is 5.54 Å². The van der Waals surface area contributed by atoms with Crippen LogP contribution in [0.3, 0.4) is 0 Å². The van der Waals surface area contributed by atoms with Crippen LogP contribution in [0.2, 0.25) is 0 Å². The Kier molecular flexibility index (Phi) is 6.41. The van der Waals surface area contributed by atoms with Gasteiger partial charge in [0, 0.05) is 37.9 Å². The van der Waals surface area contributed by atoms with E-state index >= 15 is 0 Å². The molecule has 1 saturated heterocycles. The van der Waals surface area contributed by atoms with E-state index in [4.69, 9.17) is 4.74 Å². The lowest BCUT2D eigenvalue weighted by atomic mass is 9.84. The van der Waals surface area contributed by atoms with Gasteiger partial charge in [0.05, 0.1) is 19.9 Å². The maximum absolute atomic E-state index is 12.9. The largest absolute Gasteiger partial charge is 0.467 e. The van der Waals surface area contributed by atoms with Gasteiger partial charge in [0.15, 0.2) is 0 Å². The summed E-state index contributed by atoms with van der Waals surface area (Å²) >= 11 is 0. The summed E-state index contributed by atoms with van der Waals surface area (Å²) in [5, 5.41) is 7.80. The summed E-state index contributed by atoms with van der Waals surface area (Å²) in [5.41, 5.74) is -0.247. The lowest BCUT2D eigenvalue weighted by molar-refractivity contribution is -0.151. The molecule has 1 aliphatic heterocycles. The number of amides is 1. The SMILES string of the molecule is CCC(=O)N(c1ccccc1)C1(C(=O)OC)CCN(CCn2ccnn2)CC1. The zero-order chi connectivity index (χ0) is 20.0.